The van der Waals surface area contributed by atoms with Crippen molar-refractivity contribution in [1.29, 1.82) is 5.26 Å². The highest BCUT2D eigenvalue weighted by atomic mass is 19.1. The van der Waals surface area contributed by atoms with Gasteiger partial charge in [0, 0.05) is 25.1 Å². The van der Waals surface area contributed by atoms with Crippen LogP contribution in [0, 0.1) is 34.5 Å². The molecule has 3 N–H and O–H groups in total. The standard InChI is InChI=1S/C29H36FN3O6/c1-16(30)8-11-32-27(35)24-17-4-5-18(12-17)25(24)33-26(34)21-14-22(19(15-31)13-23(21)38-3)39-20-6-9-29(2,10-7-20)28(36)37/h13-14,17-18,20,24-25H,1,4-12H2,2-3H3,(H,32,35)(H,33,34)(H,36,37)/t17-,18+,20-,24+,25-,29+/m1/s1. The van der Waals surface area contributed by atoms with E-state index in [4.69, 9.17) is 9.47 Å². The summed E-state index contributed by atoms with van der Waals surface area (Å²) in [5.74, 6) is -1.61. The van der Waals surface area contributed by atoms with E-state index < -0.39 is 29.0 Å². The molecule has 0 unspecified atom stereocenters. The van der Waals surface area contributed by atoms with Crippen LogP contribution in [0.5, 0.6) is 11.5 Å². The van der Waals surface area contributed by atoms with Gasteiger partial charge in [0.15, 0.2) is 0 Å². The molecule has 2 bridgehead atoms. The lowest BCUT2D eigenvalue weighted by atomic mass is 9.75. The third-order valence-electron chi connectivity index (χ3n) is 8.73. The quantitative estimate of drug-likeness (QED) is 0.405. The van der Waals surface area contributed by atoms with Gasteiger partial charge in [-0.1, -0.05) is 6.58 Å². The number of methoxy groups -OCH3 is 1. The van der Waals surface area contributed by atoms with Crippen LogP contribution in [-0.2, 0) is 9.59 Å². The van der Waals surface area contributed by atoms with Gasteiger partial charge in [-0.05, 0) is 69.8 Å². The van der Waals surface area contributed by atoms with Crippen LogP contribution < -0.4 is 20.1 Å². The van der Waals surface area contributed by atoms with E-state index in [1.165, 1.54) is 19.2 Å². The Morgan fingerprint density at radius 1 is 1.18 bits per heavy atom. The monoisotopic (exact) mass is 541 g/mol. The van der Waals surface area contributed by atoms with Gasteiger partial charge in [-0.3, -0.25) is 14.4 Å². The summed E-state index contributed by atoms with van der Waals surface area (Å²) in [6.45, 7) is 5.10. The number of rotatable bonds is 10. The predicted octanol–water partition coefficient (Wildman–Crippen LogP) is 4.11. The highest BCUT2D eigenvalue weighted by Gasteiger charge is 2.51. The maximum atomic E-state index is 13.5. The summed E-state index contributed by atoms with van der Waals surface area (Å²) < 4.78 is 24.6. The molecule has 3 saturated carbocycles. The van der Waals surface area contributed by atoms with Gasteiger partial charge in [-0.15, -0.1) is 0 Å². The number of nitrogens with one attached hydrogen (secondary N) is 2. The molecule has 3 aliphatic carbocycles. The highest BCUT2D eigenvalue weighted by molar-refractivity contribution is 5.98. The summed E-state index contributed by atoms with van der Waals surface area (Å²) >= 11 is 0. The topological polar surface area (TPSA) is 138 Å². The molecule has 3 aliphatic rings. The first kappa shape index (κ1) is 28.4. The van der Waals surface area contributed by atoms with Gasteiger partial charge in [0.2, 0.25) is 5.91 Å². The number of carboxylic acids is 1. The van der Waals surface area contributed by atoms with Crippen LogP contribution in [0.15, 0.2) is 24.5 Å². The molecule has 0 aliphatic heterocycles. The Morgan fingerprint density at radius 2 is 1.87 bits per heavy atom. The number of hydrogen-bond acceptors (Lipinski definition) is 6. The minimum absolute atomic E-state index is 0.0470. The number of carbonyl (C=O) groups is 3. The predicted molar refractivity (Wildman–Crippen MR) is 140 cm³/mol. The molecule has 9 nitrogen and oxygen atoms in total. The Hall–Kier alpha value is -3.61. The van der Waals surface area contributed by atoms with E-state index >= 15 is 0 Å². The second-order valence-corrected chi connectivity index (χ2v) is 11.3. The molecule has 4 rings (SSSR count). The first-order chi connectivity index (χ1) is 18.6. The van der Waals surface area contributed by atoms with Gasteiger partial charge < -0.3 is 25.2 Å². The minimum Gasteiger partial charge on any atom is -0.496 e. The summed E-state index contributed by atoms with van der Waals surface area (Å²) in [6, 6.07) is 4.67. The van der Waals surface area contributed by atoms with Crippen LogP contribution in [0.3, 0.4) is 0 Å². The van der Waals surface area contributed by atoms with E-state index in [-0.39, 0.29) is 65.5 Å². The fraction of sp³-hybridized carbons (Fsp3) is 0.586. The number of nitrogens with zero attached hydrogens (tertiary/aromatic N) is 1. The Morgan fingerprint density at radius 3 is 2.49 bits per heavy atom. The van der Waals surface area contributed by atoms with Crippen LogP contribution in [0.25, 0.3) is 0 Å². The first-order valence-electron chi connectivity index (χ1n) is 13.5. The number of halogens is 1. The zero-order chi connectivity index (χ0) is 28.3. The molecule has 210 valence electrons. The molecule has 0 saturated heterocycles. The van der Waals surface area contributed by atoms with Crippen molar-refractivity contribution < 1.29 is 33.4 Å². The van der Waals surface area contributed by atoms with Gasteiger partial charge in [-0.25, -0.2) is 4.39 Å². The average Bonchev–Trinajstić information content (AvgIpc) is 3.51. The van der Waals surface area contributed by atoms with Gasteiger partial charge in [0.05, 0.1) is 41.5 Å². The van der Waals surface area contributed by atoms with Crippen molar-refractivity contribution in [2.45, 2.75) is 70.4 Å². The van der Waals surface area contributed by atoms with E-state index in [1.54, 1.807) is 6.92 Å². The summed E-state index contributed by atoms with van der Waals surface area (Å²) in [4.78, 5) is 38.1. The fourth-order valence-electron chi connectivity index (χ4n) is 6.38. The zero-order valence-corrected chi connectivity index (χ0v) is 22.4. The number of nitriles is 1. The molecule has 0 heterocycles. The molecule has 0 aromatic heterocycles. The summed E-state index contributed by atoms with van der Waals surface area (Å²) in [7, 11) is 1.41. The second-order valence-electron chi connectivity index (χ2n) is 11.3. The molecule has 39 heavy (non-hydrogen) atoms. The smallest absolute Gasteiger partial charge is 0.309 e. The number of carbonyl (C=O) groups excluding carboxylic acids is 2. The van der Waals surface area contributed by atoms with Crippen molar-refractivity contribution in [3.05, 3.63) is 35.7 Å². The van der Waals surface area contributed by atoms with Gasteiger partial charge in [0.25, 0.3) is 5.91 Å². The number of ether oxygens (including phenoxy) is 2. The van der Waals surface area contributed by atoms with Gasteiger partial charge >= 0.3 is 5.97 Å². The first-order valence-corrected chi connectivity index (χ1v) is 13.5. The van der Waals surface area contributed by atoms with E-state index in [1.807, 2.05) is 0 Å². The van der Waals surface area contributed by atoms with Crippen LogP contribution >= 0.6 is 0 Å². The van der Waals surface area contributed by atoms with Crippen LogP contribution in [0.1, 0.15) is 74.2 Å². The van der Waals surface area contributed by atoms with E-state index in [0.717, 1.165) is 19.3 Å². The fourth-order valence-corrected chi connectivity index (χ4v) is 6.38. The molecule has 0 radical (unpaired) electrons. The molecule has 0 spiro atoms. The molecule has 1 aromatic carbocycles. The second kappa shape index (κ2) is 11.6. The Balaban J connectivity index is 1.51. The molecule has 1 aromatic rings. The van der Waals surface area contributed by atoms with Crippen molar-refractivity contribution in [2.24, 2.45) is 23.2 Å². The lowest BCUT2D eigenvalue weighted by Gasteiger charge is -2.34. The van der Waals surface area contributed by atoms with Crippen LogP contribution in [0.2, 0.25) is 0 Å². The van der Waals surface area contributed by atoms with Crippen LogP contribution in [0.4, 0.5) is 4.39 Å². The molecule has 3 fully saturated rings. The van der Waals surface area contributed by atoms with Crippen molar-refractivity contribution >= 4 is 17.8 Å². The van der Waals surface area contributed by atoms with Crippen LogP contribution in [-0.4, -0.2) is 48.7 Å². The van der Waals surface area contributed by atoms with Crippen molar-refractivity contribution in [3.8, 4) is 17.6 Å². The number of aliphatic carboxylic acids is 1. The van der Waals surface area contributed by atoms with E-state index in [0.29, 0.717) is 25.7 Å². The third kappa shape index (κ3) is 6.02. The molecular formula is C29H36FN3O6. The molecular weight excluding hydrogens is 505 g/mol. The molecule has 4 atom stereocenters. The summed E-state index contributed by atoms with van der Waals surface area (Å²) in [5, 5.41) is 25.0. The van der Waals surface area contributed by atoms with E-state index in [9.17, 15) is 29.1 Å². The van der Waals surface area contributed by atoms with Crippen molar-refractivity contribution in [3.63, 3.8) is 0 Å². The normalized spacial score (nSPS) is 29.2. The SMILES string of the molecule is C=C(F)CCNC(=O)[C@H]1[C@@H]2CC[C@@H](C2)[C@H]1NC(=O)c1cc(O[C@H]2CC[C@@](C)(C(=O)O)CC2)c(C#N)cc1OC. The largest absolute Gasteiger partial charge is 0.496 e. The lowest BCUT2D eigenvalue weighted by Crippen LogP contribution is -2.50. The van der Waals surface area contributed by atoms with E-state index in [2.05, 4.69) is 23.3 Å². The Bertz CT molecular complexity index is 1190. The highest BCUT2D eigenvalue weighted by Crippen LogP contribution is 2.49. The van der Waals surface area contributed by atoms with Crippen molar-refractivity contribution in [2.75, 3.05) is 13.7 Å². The molecule has 2 amide bonds. The zero-order valence-electron chi connectivity index (χ0n) is 22.4. The summed E-state index contributed by atoms with van der Waals surface area (Å²) in [5.41, 5.74) is -0.401. The maximum absolute atomic E-state index is 13.5. The lowest BCUT2D eigenvalue weighted by molar-refractivity contribution is -0.150. The van der Waals surface area contributed by atoms with Crippen molar-refractivity contribution in [1.82, 2.24) is 10.6 Å². The van der Waals surface area contributed by atoms with Gasteiger partial charge in [0.1, 0.15) is 17.6 Å². The Labute approximate surface area is 227 Å². The number of amides is 2. The number of carboxylic acid groups (broad SMARTS) is 1. The maximum Gasteiger partial charge on any atom is 0.309 e. The minimum atomic E-state index is -0.831. The number of hydrogen-bond donors (Lipinski definition) is 3. The number of benzene rings is 1. The number of fused-ring (bicyclic) bond motifs is 2. The summed E-state index contributed by atoms with van der Waals surface area (Å²) in [6.07, 6.45) is 4.35. The molecule has 10 heteroatoms. The third-order valence-corrected chi connectivity index (χ3v) is 8.73. The Kier molecular flexibility index (Phi) is 8.48. The van der Waals surface area contributed by atoms with Gasteiger partial charge in [-0.2, -0.15) is 5.26 Å². The average molecular weight is 542 g/mol.